The largest absolute Gasteiger partial charge is 0.323 e. The molecule has 0 atom stereocenters. The molecule has 184 valence electrons. The Balaban J connectivity index is 1.50. The number of anilines is 2. The number of carbonyl (C=O) groups is 1. The van der Waals surface area contributed by atoms with Gasteiger partial charge in [-0.05, 0) is 59.7 Å². The van der Waals surface area contributed by atoms with Crippen molar-refractivity contribution < 1.29 is 4.79 Å². The quantitative estimate of drug-likeness (QED) is 0.249. The fourth-order valence-electron chi connectivity index (χ4n) is 4.04. The van der Waals surface area contributed by atoms with Crippen LogP contribution in [0.3, 0.4) is 0 Å². The van der Waals surface area contributed by atoms with Crippen LogP contribution in [-0.4, -0.2) is 15.6 Å². The van der Waals surface area contributed by atoms with E-state index in [2.05, 4.69) is 10.6 Å². The summed E-state index contributed by atoms with van der Waals surface area (Å²) in [5.74, 6) is 0.629. The van der Waals surface area contributed by atoms with Crippen LogP contribution in [-0.2, 0) is 13.0 Å². The Kier molecular flexibility index (Phi) is 7.21. The minimum absolute atomic E-state index is 0.211. The SMILES string of the molecule is O=C(Nc1ccc(Cl)cc1)Nc1ccc2nc(Cc3ccccc3)n(Cc3ccccc3Cl)c(=O)c2c1. The molecule has 5 rings (SSSR count). The zero-order chi connectivity index (χ0) is 25.8. The van der Waals surface area contributed by atoms with E-state index in [9.17, 15) is 9.59 Å². The van der Waals surface area contributed by atoms with Crippen molar-refractivity contribution in [3.8, 4) is 0 Å². The highest BCUT2D eigenvalue weighted by Gasteiger charge is 2.15. The van der Waals surface area contributed by atoms with Crippen LogP contribution in [0.15, 0.2) is 102 Å². The highest BCUT2D eigenvalue weighted by atomic mass is 35.5. The molecule has 8 heteroatoms. The van der Waals surface area contributed by atoms with E-state index in [-0.39, 0.29) is 12.1 Å². The number of halogens is 2. The highest BCUT2D eigenvalue weighted by Crippen LogP contribution is 2.21. The third-order valence-electron chi connectivity index (χ3n) is 5.88. The molecule has 2 N–H and O–H groups in total. The smallest absolute Gasteiger partial charge is 0.308 e. The summed E-state index contributed by atoms with van der Waals surface area (Å²) >= 11 is 12.3. The second kappa shape index (κ2) is 10.9. The van der Waals surface area contributed by atoms with Gasteiger partial charge < -0.3 is 10.6 Å². The van der Waals surface area contributed by atoms with E-state index < -0.39 is 6.03 Å². The summed E-state index contributed by atoms with van der Waals surface area (Å²) in [6, 6.07) is 28.7. The van der Waals surface area contributed by atoms with E-state index in [1.54, 1.807) is 53.1 Å². The second-order valence-corrected chi connectivity index (χ2v) is 9.33. The number of aromatic nitrogens is 2. The fraction of sp³-hybridized carbons (Fsp3) is 0.0690. The molecule has 4 aromatic carbocycles. The van der Waals surface area contributed by atoms with Crippen LogP contribution in [0.25, 0.3) is 10.9 Å². The monoisotopic (exact) mass is 528 g/mol. The minimum Gasteiger partial charge on any atom is -0.308 e. The minimum atomic E-state index is -0.438. The Morgan fingerprint density at radius 1 is 0.811 bits per heavy atom. The van der Waals surface area contributed by atoms with Crippen molar-refractivity contribution in [2.24, 2.45) is 0 Å². The average molecular weight is 529 g/mol. The number of rotatable bonds is 6. The van der Waals surface area contributed by atoms with Crippen molar-refractivity contribution in [3.63, 3.8) is 0 Å². The molecule has 5 aromatic rings. The lowest BCUT2D eigenvalue weighted by molar-refractivity contribution is 0.262. The van der Waals surface area contributed by atoms with E-state index in [4.69, 9.17) is 28.2 Å². The van der Waals surface area contributed by atoms with Crippen LogP contribution >= 0.6 is 23.2 Å². The second-order valence-electron chi connectivity index (χ2n) is 8.49. The topological polar surface area (TPSA) is 76.0 Å². The van der Waals surface area contributed by atoms with Gasteiger partial charge >= 0.3 is 6.03 Å². The number of fused-ring (bicyclic) bond motifs is 1. The number of nitrogens with zero attached hydrogens (tertiary/aromatic N) is 2. The standard InChI is InChI=1S/C29H22Cl2N4O2/c30-21-10-12-22(13-11-21)32-29(37)33-23-14-15-26-24(17-23)28(36)35(18-20-8-4-5-9-25(20)31)27(34-26)16-19-6-2-1-3-7-19/h1-15,17H,16,18H2,(H2,32,33,37). The first-order valence-electron chi connectivity index (χ1n) is 11.6. The lowest BCUT2D eigenvalue weighted by atomic mass is 10.1. The number of benzene rings is 4. The molecule has 6 nitrogen and oxygen atoms in total. The van der Waals surface area contributed by atoms with Gasteiger partial charge in [-0.3, -0.25) is 9.36 Å². The molecule has 37 heavy (non-hydrogen) atoms. The summed E-state index contributed by atoms with van der Waals surface area (Å²) in [7, 11) is 0. The summed E-state index contributed by atoms with van der Waals surface area (Å²) < 4.78 is 1.65. The maximum Gasteiger partial charge on any atom is 0.323 e. The predicted octanol–water partition coefficient (Wildman–Crippen LogP) is 6.99. The maximum absolute atomic E-state index is 13.8. The van der Waals surface area contributed by atoms with Crippen molar-refractivity contribution in [1.82, 2.24) is 9.55 Å². The van der Waals surface area contributed by atoms with E-state index in [0.717, 1.165) is 11.1 Å². The van der Waals surface area contributed by atoms with Gasteiger partial charge in [0.15, 0.2) is 0 Å². The van der Waals surface area contributed by atoms with Gasteiger partial charge in [-0.2, -0.15) is 0 Å². The first-order chi connectivity index (χ1) is 18.0. The third kappa shape index (κ3) is 5.82. The molecule has 0 spiro atoms. The lowest BCUT2D eigenvalue weighted by Crippen LogP contribution is -2.26. The van der Waals surface area contributed by atoms with Crippen LogP contribution in [0.5, 0.6) is 0 Å². The van der Waals surface area contributed by atoms with E-state index in [1.807, 2.05) is 48.5 Å². The van der Waals surface area contributed by atoms with Gasteiger partial charge in [-0.15, -0.1) is 0 Å². The normalized spacial score (nSPS) is 10.9. The van der Waals surface area contributed by atoms with Crippen molar-refractivity contribution >= 4 is 51.5 Å². The van der Waals surface area contributed by atoms with Gasteiger partial charge in [0.1, 0.15) is 5.82 Å². The molecular weight excluding hydrogens is 507 g/mol. The maximum atomic E-state index is 13.8. The molecule has 0 aliphatic carbocycles. The first-order valence-corrected chi connectivity index (χ1v) is 12.4. The molecule has 0 radical (unpaired) electrons. The van der Waals surface area contributed by atoms with Crippen molar-refractivity contribution in [2.75, 3.05) is 10.6 Å². The molecule has 0 saturated carbocycles. The van der Waals surface area contributed by atoms with Crippen LogP contribution < -0.4 is 16.2 Å². The molecule has 0 aliphatic heterocycles. The van der Waals surface area contributed by atoms with E-state index in [1.165, 1.54) is 0 Å². The molecule has 2 amide bonds. The van der Waals surface area contributed by atoms with Gasteiger partial charge in [-0.1, -0.05) is 71.7 Å². The lowest BCUT2D eigenvalue weighted by Gasteiger charge is -2.15. The van der Waals surface area contributed by atoms with Gasteiger partial charge in [0.2, 0.25) is 0 Å². The number of hydrogen-bond donors (Lipinski definition) is 2. The van der Waals surface area contributed by atoms with Gasteiger partial charge in [0.25, 0.3) is 5.56 Å². The summed E-state index contributed by atoms with van der Waals surface area (Å²) in [6.45, 7) is 0.276. The van der Waals surface area contributed by atoms with Gasteiger partial charge in [-0.25, -0.2) is 9.78 Å². The Morgan fingerprint density at radius 3 is 2.24 bits per heavy atom. The molecule has 0 saturated heterocycles. The fourth-order valence-corrected chi connectivity index (χ4v) is 4.37. The molecule has 0 bridgehead atoms. The molecule has 1 heterocycles. The van der Waals surface area contributed by atoms with Gasteiger partial charge in [0, 0.05) is 27.8 Å². The number of amides is 2. The summed E-state index contributed by atoms with van der Waals surface area (Å²) in [5, 5.41) is 7.07. The Hall–Kier alpha value is -4.13. The molecule has 1 aromatic heterocycles. The summed E-state index contributed by atoms with van der Waals surface area (Å²) in [6.07, 6.45) is 0.486. The van der Waals surface area contributed by atoms with Crippen molar-refractivity contribution in [2.45, 2.75) is 13.0 Å². The predicted molar refractivity (Wildman–Crippen MR) is 150 cm³/mol. The van der Waals surface area contributed by atoms with E-state index in [0.29, 0.717) is 44.6 Å². The zero-order valence-electron chi connectivity index (χ0n) is 19.6. The number of nitrogens with one attached hydrogen (secondary N) is 2. The third-order valence-corrected chi connectivity index (χ3v) is 6.51. The number of carbonyl (C=O) groups excluding carboxylic acids is 1. The van der Waals surface area contributed by atoms with Crippen LogP contribution in [0.1, 0.15) is 17.0 Å². The van der Waals surface area contributed by atoms with Crippen molar-refractivity contribution in [1.29, 1.82) is 0 Å². The molecule has 0 aliphatic rings. The highest BCUT2D eigenvalue weighted by molar-refractivity contribution is 6.31. The molecule has 0 fully saturated rings. The Morgan fingerprint density at radius 2 is 1.49 bits per heavy atom. The summed E-state index contributed by atoms with van der Waals surface area (Å²) in [4.78, 5) is 31.1. The first kappa shape index (κ1) is 24.6. The van der Waals surface area contributed by atoms with Gasteiger partial charge in [0.05, 0.1) is 17.4 Å². The number of hydrogen-bond acceptors (Lipinski definition) is 3. The Labute approximate surface area is 223 Å². The number of urea groups is 1. The molecule has 0 unspecified atom stereocenters. The Bertz CT molecular complexity index is 1630. The van der Waals surface area contributed by atoms with Crippen LogP contribution in [0, 0.1) is 0 Å². The van der Waals surface area contributed by atoms with E-state index >= 15 is 0 Å². The van der Waals surface area contributed by atoms with Crippen LogP contribution in [0.4, 0.5) is 16.2 Å². The summed E-state index contributed by atoms with van der Waals surface area (Å²) in [5.41, 5.74) is 3.26. The van der Waals surface area contributed by atoms with Crippen molar-refractivity contribution in [3.05, 3.63) is 134 Å². The zero-order valence-corrected chi connectivity index (χ0v) is 21.1. The average Bonchev–Trinajstić information content (AvgIpc) is 2.90. The van der Waals surface area contributed by atoms with Crippen LogP contribution in [0.2, 0.25) is 10.0 Å². The molecular formula is C29H22Cl2N4O2.